The van der Waals surface area contributed by atoms with Crippen LogP contribution in [0.4, 0.5) is 0 Å². The highest BCUT2D eigenvalue weighted by molar-refractivity contribution is 4.82. The van der Waals surface area contributed by atoms with Crippen LogP contribution in [0.3, 0.4) is 0 Å². The Morgan fingerprint density at radius 1 is 0.650 bits per heavy atom. The maximum absolute atomic E-state index is 2.35. The van der Waals surface area contributed by atoms with Crippen molar-refractivity contribution in [3.8, 4) is 0 Å². The fourth-order valence-electron chi connectivity index (χ4n) is 2.37. The molecule has 0 aliphatic heterocycles. The van der Waals surface area contributed by atoms with E-state index >= 15 is 0 Å². The Kier molecular flexibility index (Phi) is 18.0. The zero-order chi connectivity index (χ0) is 14.7. The molecule has 0 heterocycles. The Labute approximate surface area is 128 Å². The summed E-state index contributed by atoms with van der Waals surface area (Å²) in [4.78, 5) is 0. The summed E-state index contributed by atoms with van der Waals surface area (Å²) in [5.41, 5.74) is 0. The van der Waals surface area contributed by atoms with Crippen LogP contribution >= 0.6 is 0 Å². The summed E-state index contributed by atoms with van der Waals surface area (Å²) >= 11 is 0. The van der Waals surface area contributed by atoms with E-state index in [-0.39, 0.29) is 0 Å². The summed E-state index contributed by atoms with van der Waals surface area (Å²) in [7, 11) is 0. The predicted octanol–water partition coefficient (Wildman–Crippen LogP) is 7.60. The molecule has 0 N–H and O–H groups in total. The molecule has 0 heteroatoms. The van der Waals surface area contributed by atoms with Crippen LogP contribution in [-0.2, 0) is 0 Å². The normalized spacial score (nSPS) is 15.5. The van der Waals surface area contributed by atoms with Crippen LogP contribution in [0, 0.1) is 0 Å². The van der Waals surface area contributed by atoms with Crippen molar-refractivity contribution in [1.29, 1.82) is 0 Å². The maximum atomic E-state index is 2.35. The second kappa shape index (κ2) is 18.5. The molecule has 0 saturated heterocycles. The summed E-state index contributed by atoms with van der Waals surface area (Å²) in [5.74, 6) is 0. The summed E-state index contributed by atoms with van der Waals surface area (Å²) in [5, 5.41) is 0. The molecule has 0 amide bonds. The van der Waals surface area contributed by atoms with Crippen molar-refractivity contribution >= 4 is 0 Å². The van der Waals surface area contributed by atoms with Gasteiger partial charge < -0.3 is 0 Å². The van der Waals surface area contributed by atoms with Crippen LogP contribution in [0.1, 0.15) is 104 Å². The largest absolute Gasteiger partial charge is 0.0885 e. The van der Waals surface area contributed by atoms with E-state index in [0.717, 1.165) is 0 Å². The predicted molar refractivity (Wildman–Crippen MR) is 94.3 cm³/mol. The highest BCUT2D eigenvalue weighted by Gasteiger charge is 1.90. The van der Waals surface area contributed by atoms with Gasteiger partial charge in [-0.2, -0.15) is 0 Å². The first kappa shape index (κ1) is 19.5. The zero-order valence-electron chi connectivity index (χ0n) is 14.2. The molecule has 0 spiro atoms. The summed E-state index contributed by atoms with van der Waals surface area (Å²) in [6.07, 6.45) is 28.5. The molecule has 0 nitrogen and oxygen atoms in total. The summed E-state index contributed by atoms with van der Waals surface area (Å²) in [6, 6.07) is 0. The zero-order valence-corrected chi connectivity index (χ0v) is 14.2. The SMILES string of the molecule is C1=CCCCCCC1.CCCCC/C=C/CCCCC. The molecule has 118 valence electrons. The first-order valence-corrected chi connectivity index (χ1v) is 9.21. The quantitative estimate of drug-likeness (QED) is 0.317. The lowest BCUT2D eigenvalue weighted by atomic mass is 10.1. The van der Waals surface area contributed by atoms with E-state index in [1.54, 1.807) is 0 Å². The molecule has 0 radical (unpaired) electrons. The van der Waals surface area contributed by atoms with Gasteiger partial charge in [-0.1, -0.05) is 76.7 Å². The molecule has 0 fully saturated rings. The van der Waals surface area contributed by atoms with Crippen LogP contribution < -0.4 is 0 Å². The molecule has 20 heavy (non-hydrogen) atoms. The van der Waals surface area contributed by atoms with Crippen LogP contribution in [0.25, 0.3) is 0 Å². The topological polar surface area (TPSA) is 0 Å². The van der Waals surface area contributed by atoms with Gasteiger partial charge in [0.05, 0.1) is 0 Å². The molecule has 0 unspecified atom stereocenters. The van der Waals surface area contributed by atoms with Crippen molar-refractivity contribution in [3.05, 3.63) is 24.3 Å². The van der Waals surface area contributed by atoms with E-state index in [1.165, 1.54) is 89.9 Å². The maximum Gasteiger partial charge on any atom is -0.0351 e. The molecular formula is C20H38. The van der Waals surface area contributed by atoms with E-state index < -0.39 is 0 Å². The second-order valence-corrected chi connectivity index (χ2v) is 5.93. The molecule has 1 rings (SSSR count). The lowest BCUT2D eigenvalue weighted by molar-refractivity contribution is 0.638. The second-order valence-electron chi connectivity index (χ2n) is 5.93. The van der Waals surface area contributed by atoms with Crippen LogP contribution in [0.2, 0.25) is 0 Å². The first-order chi connectivity index (χ1) is 9.91. The van der Waals surface area contributed by atoms with Gasteiger partial charge >= 0.3 is 0 Å². The molecule has 0 aromatic heterocycles. The summed E-state index contributed by atoms with van der Waals surface area (Å²) in [6.45, 7) is 4.51. The van der Waals surface area contributed by atoms with Gasteiger partial charge in [0.2, 0.25) is 0 Å². The monoisotopic (exact) mass is 278 g/mol. The van der Waals surface area contributed by atoms with Crippen LogP contribution in [0.5, 0.6) is 0 Å². The van der Waals surface area contributed by atoms with Crippen molar-refractivity contribution in [2.24, 2.45) is 0 Å². The Morgan fingerprint density at radius 2 is 1.10 bits per heavy atom. The van der Waals surface area contributed by atoms with E-state index in [4.69, 9.17) is 0 Å². The van der Waals surface area contributed by atoms with Gasteiger partial charge in [-0.15, -0.1) is 0 Å². The van der Waals surface area contributed by atoms with Crippen molar-refractivity contribution < 1.29 is 0 Å². The number of hydrogen-bond donors (Lipinski definition) is 0. The Balaban J connectivity index is 0.000000388. The van der Waals surface area contributed by atoms with Crippen molar-refractivity contribution in [2.75, 3.05) is 0 Å². The van der Waals surface area contributed by atoms with Gasteiger partial charge in [-0.3, -0.25) is 0 Å². The average molecular weight is 279 g/mol. The average Bonchev–Trinajstić information content (AvgIpc) is 2.42. The minimum Gasteiger partial charge on any atom is -0.0885 e. The van der Waals surface area contributed by atoms with Crippen LogP contribution in [-0.4, -0.2) is 0 Å². The molecule has 0 aromatic carbocycles. The third kappa shape index (κ3) is 17.5. The van der Waals surface area contributed by atoms with Gasteiger partial charge in [-0.05, 0) is 51.4 Å². The standard InChI is InChI=1S/C12H24.C8H14/c1-3-5-7-9-11-12-10-8-6-4-2;1-2-4-6-8-7-5-3-1/h11-12H,3-10H2,1-2H3;1-2H,3-8H2/b12-11+;. The fourth-order valence-corrected chi connectivity index (χ4v) is 2.37. The van der Waals surface area contributed by atoms with Crippen molar-refractivity contribution in [1.82, 2.24) is 0 Å². The lowest BCUT2D eigenvalue weighted by Crippen LogP contribution is -1.80. The molecule has 1 aliphatic carbocycles. The molecule has 0 bridgehead atoms. The third-order valence-corrected chi connectivity index (χ3v) is 3.77. The van der Waals surface area contributed by atoms with E-state index in [9.17, 15) is 0 Å². The Hall–Kier alpha value is -0.520. The minimum atomic E-state index is 1.29. The van der Waals surface area contributed by atoms with E-state index in [2.05, 4.69) is 38.2 Å². The molecule has 1 aliphatic rings. The number of unbranched alkanes of at least 4 members (excludes halogenated alkanes) is 6. The third-order valence-electron chi connectivity index (χ3n) is 3.77. The Morgan fingerprint density at radius 3 is 1.50 bits per heavy atom. The number of allylic oxidation sites excluding steroid dienone is 4. The Bertz CT molecular complexity index is 190. The highest BCUT2D eigenvalue weighted by atomic mass is 14.0. The minimum absolute atomic E-state index is 1.29. The lowest BCUT2D eigenvalue weighted by Gasteiger charge is -2.00. The fraction of sp³-hybridized carbons (Fsp3) is 0.800. The smallest absolute Gasteiger partial charge is 0.0351 e. The molecular weight excluding hydrogens is 240 g/mol. The van der Waals surface area contributed by atoms with E-state index in [1.807, 2.05) is 0 Å². The van der Waals surface area contributed by atoms with Gasteiger partial charge in [0.15, 0.2) is 0 Å². The molecule has 0 aromatic rings. The van der Waals surface area contributed by atoms with Gasteiger partial charge in [0, 0.05) is 0 Å². The van der Waals surface area contributed by atoms with Crippen molar-refractivity contribution in [2.45, 2.75) is 104 Å². The summed E-state index contributed by atoms with van der Waals surface area (Å²) < 4.78 is 0. The number of rotatable bonds is 8. The van der Waals surface area contributed by atoms with E-state index in [0.29, 0.717) is 0 Å². The highest BCUT2D eigenvalue weighted by Crippen LogP contribution is 2.09. The first-order valence-electron chi connectivity index (χ1n) is 9.21. The number of hydrogen-bond acceptors (Lipinski definition) is 0. The van der Waals surface area contributed by atoms with Crippen LogP contribution in [0.15, 0.2) is 24.3 Å². The molecule has 0 atom stereocenters. The van der Waals surface area contributed by atoms with Crippen molar-refractivity contribution in [3.63, 3.8) is 0 Å². The van der Waals surface area contributed by atoms with Gasteiger partial charge in [0.25, 0.3) is 0 Å². The molecule has 0 saturated carbocycles. The van der Waals surface area contributed by atoms with Gasteiger partial charge in [0.1, 0.15) is 0 Å². The van der Waals surface area contributed by atoms with Gasteiger partial charge in [-0.25, -0.2) is 0 Å².